The first-order valence-electron chi connectivity index (χ1n) is 10.1. The maximum Gasteiger partial charge on any atom is 0.229 e. The van der Waals surface area contributed by atoms with Crippen molar-refractivity contribution in [1.29, 1.82) is 5.26 Å². The summed E-state index contributed by atoms with van der Waals surface area (Å²) in [4.78, 5) is 4.21. The van der Waals surface area contributed by atoms with Crippen LogP contribution in [0.1, 0.15) is 48.5 Å². The molecule has 1 atom stereocenters. The minimum absolute atomic E-state index is 0.0257. The number of nitriles is 1. The minimum atomic E-state index is -3.68. The van der Waals surface area contributed by atoms with Gasteiger partial charge in [-0.2, -0.15) is 10.4 Å². The lowest BCUT2D eigenvalue weighted by molar-refractivity contribution is 0.603. The average molecular weight is 474 g/mol. The Morgan fingerprint density at radius 3 is 2.61 bits per heavy atom. The maximum absolute atomic E-state index is 14.5. The normalized spacial score (nSPS) is 14.4. The van der Waals surface area contributed by atoms with Gasteiger partial charge in [0.05, 0.1) is 23.5 Å². The van der Waals surface area contributed by atoms with Crippen molar-refractivity contribution >= 4 is 33.2 Å². The Bertz CT molecular complexity index is 1350. The molecule has 0 unspecified atom stereocenters. The monoisotopic (exact) mass is 473 g/mol. The molecule has 3 aromatic rings. The van der Waals surface area contributed by atoms with Crippen LogP contribution in [0.3, 0.4) is 0 Å². The van der Waals surface area contributed by atoms with Crippen molar-refractivity contribution in [2.45, 2.75) is 31.7 Å². The van der Waals surface area contributed by atoms with Gasteiger partial charge in [-0.25, -0.2) is 22.2 Å². The summed E-state index contributed by atoms with van der Waals surface area (Å²) in [5.74, 6) is -0.609. The second kappa shape index (κ2) is 8.67. The van der Waals surface area contributed by atoms with E-state index in [0.29, 0.717) is 17.3 Å². The highest BCUT2D eigenvalue weighted by molar-refractivity contribution is 7.92. The number of H-pyrrole nitrogens is 1. The van der Waals surface area contributed by atoms with E-state index in [-0.39, 0.29) is 22.9 Å². The van der Waals surface area contributed by atoms with Gasteiger partial charge in [0, 0.05) is 17.7 Å². The summed E-state index contributed by atoms with van der Waals surface area (Å²) < 4.78 is 53.6. The van der Waals surface area contributed by atoms with Crippen LogP contribution in [0.4, 0.5) is 31.9 Å². The first kappa shape index (κ1) is 22.5. The number of benzene rings is 1. The SMILES string of the molecule is C[C@@H](Nc1nc(Nc2cc(C3CC3)[nH]n2)c(F)cc1C#N)c1ccc(F)c(NS(C)(=O)=O)c1. The highest BCUT2D eigenvalue weighted by Gasteiger charge is 2.26. The number of hydrogen-bond acceptors (Lipinski definition) is 7. The van der Waals surface area contributed by atoms with Crippen molar-refractivity contribution in [3.8, 4) is 6.07 Å². The second-order valence-electron chi connectivity index (χ2n) is 7.91. The Morgan fingerprint density at radius 2 is 1.94 bits per heavy atom. The second-order valence-corrected chi connectivity index (χ2v) is 9.66. The highest BCUT2D eigenvalue weighted by Crippen LogP contribution is 2.39. The maximum atomic E-state index is 14.5. The zero-order chi connectivity index (χ0) is 23.8. The molecule has 172 valence electrons. The Hall–Kier alpha value is -3.72. The summed E-state index contributed by atoms with van der Waals surface area (Å²) in [6.07, 6.45) is 3.09. The molecule has 0 aliphatic heterocycles. The molecule has 12 heteroatoms. The fourth-order valence-corrected chi connectivity index (χ4v) is 3.83. The third-order valence-corrected chi connectivity index (χ3v) is 5.69. The summed E-state index contributed by atoms with van der Waals surface area (Å²) in [6, 6.07) is 8.17. The van der Waals surface area contributed by atoms with E-state index < -0.39 is 27.7 Å². The Labute approximate surface area is 189 Å². The molecule has 1 fully saturated rings. The molecular formula is C21H21F2N7O2S. The quantitative estimate of drug-likeness (QED) is 0.386. The first-order chi connectivity index (χ1) is 15.6. The zero-order valence-electron chi connectivity index (χ0n) is 17.8. The van der Waals surface area contributed by atoms with E-state index in [9.17, 15) is 22.5 Å². The molecule has 4 rings (SSSR count). The van der Waals surface area contributed by atoms with Crippen molar-refractivity contribution < 1.29 is 17.2 Å². The molecule has 33 heavy (non-hydrogen) atoms. The fourth-order valence-electron chi connectivity index (χ4n) is 3.28. The van der Waals surface area contributed by atoms with Crippen LogP contribution in [0.5, 0.6) is 0 Å². The van der Waals surface area contributed by atoms with Gasteiger partial charge in [-0.15, -0.1) is 0 Å². The van der Waals surface area contributed by atoms with E-state index in [1.54, 1.807) is 13.0 Å². The molecule has 0 amide bonds. The molecule has 1 aliphatic carbocycles. The Kier molecular flexibility index (Phi) is 5.90. The van der Waals surface area contributed by atoms with E-state index in [1.165, 1.54) is 12.1 Å². The van der Waals surface area contributed by atoms with E-state index in [2.05, 4.69) is 30.5 Å². The number of anilines is 4. The molecule has 0 bridgehead atoms. The molecule has 2 heterocycles. The molecule has 9 nitrogen and oxygen atoms in total. The largest absolute Gasteiger partial charge is 0.362 e. The summed E-state index contributed by atoms with van der Waals surface area (Å²) in [6.45, 7) is 1.71. The van der Waals surface area contributed by atoms with Gasteiger partial charge in [0.1, 0.15) is 17.7 Å². The van der Waals surface area contributed by atoms with Crippen LogP contribution < -0.4 is 15.4 Å². The van der Waals surface area contributed by atoms with Crippen LogP contribution in [0, 0.1) is 23.0 Å². The van der Waals surface area contributed by atoms with Gasteiger partial charge in [-0.05, 0) is 43.5 Å². The molecule has 4 N–H and O–H groups in total. The van der Waals surface area contributed by atoms with Gasteiger partial charge in [-0.3, -0.25) is 9.82 Å². The number of sulfonamides is 1. The third kappa shape index (κ3) is 5.38. The molecular weight excluding hydrogens is 452 g/mol. The molecule has 0 spiro atoms. The van der Waals surface area contributed by atoms with Crippen LogP contribution in [0.25, 0.3) is 0 Å². The Balaban J connectivity index is 1.58. The number of aromatic amines is 1. The van der Waals surface area contributed by atoms with Crippen molar-refractivity contribution in [3.63, 3.8) is 0 Å². The van der Waals surface area contributed by atoms with Crippen LogP contribution >= 0.6 is 0 Å². The van der Waals surface area contributed by atoms with Gasteiger partial charge >= 0.3 is 0 Å². The number of aromatic nitrogens is 3. The molecule has 1 aliphatic rings. The number of halogens is 2. The number of pyridine rings is 1. The summed E-state index contributed by atoms with van der Waals surface area (Å²) in [5.41, 5.74) is 1.26. The average Bonchev–Trinajstić information content (AvgIpc) is 3.49. The van der Waals surface area contributed by atoms with Gasteiger partial charge in [-0.1, -0.05) is 6.07 Å². The predicted molar refractivity (Wildman–Crippen MR) is 120 cm³/mol. The summed E-state index contributed by atoms with van der Waals surface area (Å²) in [5, 5.41) is 22.3. The lowest BCUT2D eigenvalue weighted by atomic mass is 10.1. The smallest absolute Gasteiger partial charge is 0.229 e. The van der Waals surface area contributed by atoms with Crippen molar-refractivity contribution in [1.82, 2.24) is 15.2 Å². The molecule has 2 aromatic heterocycles. The number of nitrogens with one attached hydrogen (secondary N) is 4. The Morgan fingerprint density at radius 1 is 1.18 bits per heavy atom. The van der Waals surface area contributed by atoms with E-state index in [1.807, 2.05) is 6.07 Å². The lowest BCUT2D eigenvalue weighted by Crippen LogP contribution is -2.14. The molecule has 1 saturated carbocycles. The van der Waals surface area contributed by atoms with Crippen LogP contribution in [-0.4, -0.2) is 29.9 Å². The van der Waals surface area contributed by atoms with Gasteiger partial charge in [0.2, 0.25) is 10.0 Å². The van der Waals surface area contributed by atoms with E-state index >= 15 is 0 Å². The summed E-state index contributed by atoms with van der Waals surface area (Å²) >= 11 is 0. The number of hydrogen-bond donors (Lipinski definition) is 4. The van der Waals surface area contributed by atoms with Gasteiger partial charge < -0.3 is 10.6 Å². The van der Waals surface area contributed by atoms with E-state index in [0.717, 1.165) is 36.9 Å². The summed E-state index contributed by atoms with van der Waals surface area (Å²) in [7, 11) is -3.68. The molecule has 0 saturated heterocycles. The number of rotatable bonds is 8. The van der Waals surface area contributed by atoms with Crippen molar-refractivity contribution in [3.05, 3.63) is 58.8 Å². The van der Waals surface area contributed by atoms with Gasteiger partial charge in [0.25, 0.3) is 0 Å². The minimum Gasteiger partial charge on any atom is -0.362 e. The van der Waals surface area contributed by atoms with Crippen LogP contribution in [-0.2, 0) is 10.0 Å². The highest BCUT2D eigenvalue weighted by atomic mass is 32.2. The topological polar surface area (TPSA) is 136 Å². The lowest BCUT2D eigenvalue weighted by Gasteiger charge is -2.18. The standard InChI is InChI=1S/C21H21F2N7O2S/c1-11(13-5-6-15(22)18(8-13)30-33(2,31)32)25-20-14(10-24)7-16(23)21(27-20)26-19-9-17(28-29-19)12-3-4-12/h5-9,11-12,30H,3-4H2,1-2H3,(H3,25,26,27,28,29)/t11-/m1/s1. The van der Waals surface area contributed by atoms with Crippen molar-refractivity contribution in [2.24, 2.45) is 0 Å². The fraction of sp³-hybridized carbons (Fsp3) is 0.286. The number of nitrogens with zero attached hydrogens (tertiary/aromatic N) is 3. The van der Waals surface area contributed by atoms with Crippen LogP contribution in [0.15, 0.2) is 30.3 Å². The molecule has 0 radical (unpaired) electrons. The van der Waals surface area contributed by atoms with Crippen LogP contribution in [0.2, 0.25) is 0 Å². The third-order valence-electron chi connectivity index (χ3n) is 5.10. The van der Waals surface area contributed by atoms with Gasteiger partial charge in [0.15, 0.2) is 17.5 Å². The molecule has 1 aromatic carbocycles. The van der Waals surface area contributed by atoms with Crippen molar-refractivity contribution in [2.75, 3.05) is 21.6 Å². The predicted octanol–water partition coefficient (Wildman–Crippen LogP) is 4.12. The zero-order valence-corrected chi connectivity index (χ0v) is 18.6. The first-order valence-corrected chi connectivity index (χ1v) is 12.0. The van der Waals surface area contributed by atoms with E-state index in [4.69, 9.17) is 0 Å².